The van der Waals surface area contributed by atoms with Crippen LogP contribution in [-0.2, 0) is 13.0 Å². The smallest absolute Gasteiger partial charge is 0.271 e. The van der Waals surface area contributed by atoms with Crippen LogP contribution in [0.2, 0.25) is 0 Å². The Labute approximate surface area is 144 Å². The van der Waals surface area contributed by atoms with E-state index in [2.05, 4.69) is 27.7 Å². The molecule has 5 rings (SSSR count). The van der Waals surface area contributed by atoms with E-state index in [1.165, 1.54) is 0 Å². The second kappa shape index (κ2) is 5.37. The SMILES string of the molecule is O=C(N/N=C1/C[C@H]2C=CC[C@@H]12)c1ccc2c(=O)n3c(nc2c1)CCC3. The predicted molar refractivity (Wildman–Crippen MR) is 94.6 cm³/mol. The molecule has 25 heavy (non-hydrogen) atoms. The number of aromatic nitrogens is 2. The molecule has 0 spiro atoms. The van der Waals surface area contributed by atoms with Crippen LogP contribution in [0.1, 0.15) is 35.4 Å². The Bertz CT molecular complexity index is 1020. The van der Waals surface area contributed by atoms with Crippen molar-refractivity contribution >= 4 is 22.5 Å². The lowest BCUT2D eigenvalue weighted by molar-refractivity contribution is 0.0954. The number of fused-ring (bicyclic) bond motifs is 3. The van der Waals surface area contributed by atoms with Crippen LogP contribution in [0.3, 0.4) is 0 Å². The summed E-state index contributed by atoms with van der Waals surface area (Å²) in [5.74, 6) is 1.63. The second-order valence-corrected chi connectivity index (χ2v) is 7.00. The standard InChI is InChI=1S/C19H18N4O2/c24-18(22-21-16-9-11-3-1-4-13(11)16)12-6-7-14-15(10-12)20-17-5-2-8-23(17)19(14)25/h1,3,6-7,10-11,13H,2,4-5,8-9H2,(H,22,24)/b21-16-/t11-,13-/m1/s1. The van der Waals surface area contributed by atoms with Gasteiger partial charge in [0.15, 0.2) is 0 Å². The van der Waals surface area contributed by atoms with Crippen molar-refractivity contribution in [3.8, 4) is 0 Å². The number of hydrogen-bond acceptors (Lipinski definition) is 4. The normalized spacial score (nSPS) is 25.0. The molecule has 0 unspecified atom stereocenters. The maximum absolute atomic E-state index is 12.5. The highest BCUT2D eigenvalue weighted by Crippen LogP contribution is 2.40. The molecule has 2 heterocycles. The Morgan fingerprint density at radius 3 is 3.16 bits per heavy atom. The van der Waals surface area contributed by atoms with Gasteiger partial charge in [-0.3, -0.25) is 14.2 Å². The van der Waals surface area contributed by atoms with Gasteiger partial charge in [-0.05, 0) is 43.4 Å². The molecule has 1 aromatic carbocycles. The van der Waals surface area contributed by atoms with Crippen molar-refractivity contribution in [2.24, 2.45) is 16.9 Å². The Hall–Kier alpha value is -2.76. The van der Waals surface area contributed by atoms with E-state index < -0.39 is 0 Å². The quantitative estimate of drug-likeness (QED) is 0.674. The fourth-order valence-corrected chi connectivity index (χ4v) is 4.08. The van der Waals surface area contributed by atoms with Gasteiger partial charge in [0.1, 0.15) is 5.82 Å². The summed E-state index contributed by atoms with van der Waals surface area (Å²) in [6.45, 7) is 0.730. The number of hydrazone groups is 1. The molecule has 3 aliphatic rings. The first-order valence-corrected chi connectivity index (χ1v) is 8.77. The average Bonchev–Trinajstić information content (AvgIpc) is 3.21. The van der Waals surface area contributed by atoms with E-state index in [4.69, 9.17) is 0 Å². The third-order valence-electron chi connectivity index (χ3n) is 5.54. The van der Waals surface area contributed by atoms with Crippen molar-refractivity contribution in [1.29, 1.82) is 0 Å². The summed E-state index contributed by atoms with van der Waals surface area (Å²) < 4.78 is 1.73. The number of carbonyl (C=O) groups excluding carboxylic acids is 1. The van der Waals surface area contributed by atoms with E-state index in [-0.39, 0.29) is 11.5 Å². The topological polar surface area (TPSA) is 76.3 Å². The summed E-state index contributed by atoms with van der Waals surface area (Å²) >= 11 is 0. The van der Waals surface area contributed by atoms with Crippen molar-refractivity contribution < 1.29 is 4.79 Å². The van der Waals surface area contributed by atoms with Gasteiger partial charge in [-0.25, -0.2) is 10.4 Å². The number of nitrogens with zero attached hydrogens (tertiary/aromatic N) is 3. The number of allylic oxidation sites excluding steroid dienone is 2. The van der Waals surface area contributed by atoms with Gasteiger partial charge in [-0.2, -0.15) is 5.10 Å². The minimum Gasteiger partial charge on any atom is -0.296 e. The third-order valence-corrected chi connectivity index (χ3v) is 5.54. The maximum Gasteiger partial charge on any atom is 0.271 e. The molecule has 0 bridgehead atoms. The molecule has 6 nitrogen and oxygen atoms in total. The van der Waals surface area contributed by atoms with Crippen LogP contribution in [0, 0.1) is 11.8 Å². The molecule has 0 saturated heterocycles. The molecule has 6 heteroatoms. The molecule has 1 amide bonds. The van der Waals surface area contributed by atoms with Gasteiger partial charge in [-0.15, -0.1) is 0 Å². The minimum absolute atomic E-state index is 0.0149. The van der Waals surface area contributed by atoms with Crippen LogP contribution in [0.25, 0.3) is 10.9 Å². The van der Waals surface area contributed by atoms with Gasteiger partial charge in [0, 0.05) is 30.2 Å². The first kappa shape index (κ1) is 14.6. The molecule has 0 radical (unpaired) electrons. The Kier molecular flexibility index (Phi) is 3.13. The zero-order valence-corrected chi connectivity index (χ0v) is 13.7. The molecule has 2 aliphatic carbocycles. The highest BCUT2D eigenvalue weighted by Gasteiger charge is 2.38. The van der Waals surface area contributed by atoms with Crippen LogP contribution in [0.4, 0.5) is 0 Å². The molecule has 1 saturated carbocycles. The highest BCUT2D eigenvalue weighted by atomic mass is 16.2. The van der Waals surface area contributed by atoms with Gasteiger partial charge in [-0.1, -0.05) is 12.2 Å². The number of carbonyl (C=O) groups is 1. The first-order chi connectivity index (χ1) is 12.2. The lowest BCUT2D eigenvalue weighted by atomic mass is 9.74. The molecule has 1 N–H and O–H groups in total. The number of nitrogens with one attached hydrogen (secondary N) is 1. The van der Waals surface area contributed by atoms with E-state index >= 15 is 0 Å². The molecule has 1 fully saturated rings. The fraction of sp³-hybridized carbons (Fsp3) is 0.368. The maximum atomic E-state index is 12.5. The van der Waals surface area contributed by atoms with Crippen LogP contribution >= 0.6 is 0 Å². The summed E-state index contributed by atoms with van der Waals surface area (Å²) in [5.41, 5.74) is 4.77. The number of amides is 1. The van der Waals surface area contributed by atoms with Gasteiger partial charge < -0.3 is 0 Å². The fourth-order valence-electron chi connectivity index (χ4n) is 4.08. The van der Waals surface area contributed by atoms with E-state index in [0.29, 0.717) is 28.3 Å². The predicted octanol–water partition coefficient (Wildman–Crippen LogP) is 2.02. The zero-order chi connectivity index (χ0) is 17.0. The van der Waals surface area contributed by atoms with Crippen molar-refractivity contribution in [3.05, 3.63) is 52.1 Å². The number of hydrogen-bond donors (Lipinski definition) is 1. The third kappa shape index (κ3) is 2.24. The summed E-state index contributed by atoms with van der Waals surface area (Å²) in [6.07, 6.45) is 8.13. The summed E-state index contributed by atoms with van der Waals surface area (Å²) in [5, 5.41) is 4.86. The van der Waals surface area contributed by atoms with E-state index in [1.54, 1.807) is 22.8 Å². The van der Waals surface area contributed by atoms with Crippen LogP contribution in [0.15, 0.2) is 40.2 Å². The second-order valence-electron chi connectivity index (χ2n) is 7.00. The van der Waals surface area contributed by atoms with E-state index in [0.717, 1.165) is 43.8 Å². The first-order valence-electron chi connectivity index (χ1n) is 8.77. The summed E-state index contributed by atoms with van der Waals surface area (Å²) in [6, 6.07) is 5.05. The number of benzene rings is 1. The van der Waals surface area contributed by atoms with Crippen molar-refractivity contribution in [2.45, 2.75) is 32.2 Å². The molecular formula is C19H18N4O2. The zero-order valence-electron chi connectivity index (χ0n) is 13.7. The lowest BCUT2D eigenvalue weighted by Crippen LogP contribution is -2.35. The van der Waals surface area contributed by atoms with Crippen LogP contribution in [0.5, 0.6) is 0 Å². The van der Waals surface area contributed by atoms with E-state index in [9.17, 15) is 9.59 Å². The molecule has 126 valence electrons. The highest BCUT2D eigenvalue weighted by molar-refractivity contribution is 5.99. The Balaban J connectivity index is 1.41. The van der Waals surface area contributed by atoms with Crippen LogP contribution in [-0.4, -0.2) is 21.2 Å². The van der Waals surface area contributed by atoms with Crippen LogP contribution < -0.4 is 11.0 Å². The van der Waals surface area contributed by atoms with Gasteiger partial charge >= 0.3 is 0 Å². The van der Waals surface area contributed by atoms with Crippen molar-refractivity contribution in [2.75, 3.05) is 0 Å². The van der Waals surface area contributed by atoms with Crippen molar-refractivity contribution in [3.63, 3.8) is 0 Å². The number of rotatable bonds is 2. The van der Waals surface area contributed by atoms with Gasteiger partial charge in [0.25, 0.3) is 11.5 Å². The Morgan fingerprint density at radius 1 is 1.36 bits per heavy atom. The summed E-state index contributed by atoms with van der Waals surface area (Å²) in [4.78, 5) is 29.4. The minimum atomic E-state index is -0.258. The monoisotopic (exact) mass is 334 g/mol. The van der Waals surface area contributed by atoms with E-state index in [1.807, 2.05) is 0 Å². The largest absolute Gasteiger partial charge is 0.296 e. The summed E-state index contributed by atoms with van der Waals surface area (Å²) in [7, 11) is 0. The molecule has 2 aromatic rings. The Morgan fingerprint density at radius 2 is 2.28 bits per heavy atom. The number of aryl methyl sites for hydroxylation is 1. The molecular weight excluding hydrogens is 316 g/mol. The van der Waals surface area contributed by atoms with Crippen molar-refractivity contribution in [1.82, 2.24) is 15.0 Å². The van der Waals surface area contributed by atoms with Gasteiger partial charge in [0.2, 0.25) is 0 Å². The lowest BCUT2D eigenvalue weighted by Gasteiger charge is -2.31. The molecule has 1 aromatic heterocycles. The molecule has 1 aliphatic heterocycles. The molecule has 2 atom stereocenters. The average molecular weight is 334 g/mol. The van der Waals surface area contributed by atoms with Gasteiger partial charge in [0.05, 0.1) is 10.9 Å².